The summed E-state index contributed by atoms with van der Waals surface area (Å²) in [6, 6.07) is 15.9. The summed E-state index contributed by atoms with van der Waals surface area (Å²) in [4.78, 5) is 51.0. The Morgan fingerprint density at radius 1 is 0.927 bits per heavy atom. The second-order valence-corrected chi connectivity index (χ2v) is 10.6. The van der Waals surface area contributed by atoms with Gasteiger partial charge in [-0.05, 0) is 66.1 Å². The Balaban J connectivity index is 1.84. The van der Waals surface area contributed by atoms with Gasteiger partial charge >= 0.3 is 5.97 Å². The van der Waals surface area contributed by atoms with Gasteiger partial charge in [-0.2, -0.15) is 0 Å². The van der Waals surface area contributed by atoms with Crippen molar-refractivity contribution in [3.63, 3.8) is 0 Å². The van der Waals surface area contributed by atoms with Crippen LogP contribution in [0.3, 0.4) is 0 Å². The van der Waals surface area contributed by atoms with Gasteiger partial charge in [0.1, 0.15) is 5.75 Å². The van der Waals surface area contributed by atoms with E-state index in [0.29, 0.717) is 42.9 Å². The number of halogens is 3. The number of aromatic carboxylic acids is 1. The standard InChI is InChI=1S/C31H24Cl3NO6/c1-17(36)21-11-10-20(32)13-22(21)23-15-30(38)35(16-29(23)41-2)27(14-24-25(33)4-3-5-26(24)34)28(37)12-18-6-8-19(9-7-18)31(39)40/h3-11,13,15-16,27H,12,14H2,1-2H3,(H,39,40). The maximum Gasteiger partial charge on any atom is 0.335 e. The zero-order valence-electron chi connectivity index (χ0n) is 22.0. The quantitative estimate of drug-likeness (QED) is 0.194. The predicted molar refractivity (Wildman–Crippen MR) is 159 cm³/mol. The summed E-state index contributed by atoms with van der Waals surface area (Å²) in [5.41, 5.74) is 1.72. The van der Waals surface area contributed by atoms with E-state index in [1.165, 1.54) is 43.0 Å². The highest BCUT2D eigenvalue weighted by Crippen LogP contribution is 2.35. The lowest BCUT2D eigenvalue weighted by molar-refractivity contribution is -0.121. The molecule has 1 atom stereocenters. The average Bonchev–Trinajstić information content (AvgIpc) is 2.93. The van der Waals surface area contributed by atoms with Crippen LogP contribution in [0.1, 0.15) is 44.8 Å². The summed E-state index contributed by atoms with van der Waals surface area (Å²) in [7, 11) is 1.41. The van der Waals surface area contributed by atoms with Crippen molar-refractivity contribution in [1.82, 2.24) is 4.57 Å². The molecule has 1 unspecified atom stereocenters. The number of carboxylic acid groups (broad SMARTS) is 1. The van der Waals surface area contributed by atoms with Crippen LogP contribution in [0.5, 0.6) is 5.75 Å². The third-order valence-corrected chi connectivity index (χ3v) is 7.60. The van der Waals surface area contributed by atoms with Crippen molar-refractivity contribution in [2.24, 2.45) is 0 Å². The highest BCUT2D eigenvalue weighted by atomic mass is 35.5. The number of pyridine rings is 1. The van der Waals surface area contributed by atoms with E-state index < -0.39 is 17.6 Å². The van der Waals surface area contributed by atoms with E-state index >= 15 is 0 Å². The number of Topliss-reactive ketones (excluding diaryl/α,β-unsaturated/α-hetero) is 2. The van der Waals surface area contributed by atoms with Crippen molar-refractivity contribution in [2.75, 3.05) is 7.11 Å². The molecule has 0 amide bonds. The molecule has 1 aromatic heterocycles. The third kappa shape index (κ3) is 6.70. The predicted octanol–water partition coefficient (Wildman–Crippen LogP) is 6.98. The number of rotatable bonds is 10. The minimum absolute atomic E-state index is 0.00280. The number of aromatic nitrogens is 1. The molecule has 4 aromatic rings. The van der Waals surface area contributed by atoms with Crippen molar-refractivity contribution in [3.8, 4) is 16.9 Å². The Bertz CT molecular complexity index is 1690. The molecule has 0 fully saturated rings. The van der Waals surface area contributed by atoms with Crippen LogP contribution in [0.2, 0.25) is 15.1 Å². The summed E-state index contributed by atoms with van der Waals surface area (Å²) in [5.74, 6) is -1.41. The molecular weight excluding hydrogens is 589 g/mol. The van der Waals surface area contributed by atoms with Gasteiger partial charge in [-0.15, -0.1) is 0 Å². The summed E-state index contributed by atoms with van der Waals surface area (Å²) in [6.45, 7) is 1.41. The van der Waals surface area contributed by atoms with E-state index in [2.05, 4.69) is 0 Å². The van der Waals surface area contributed by atoms with Gasteiger partial charge in [0.25, 0.3) is 5.56 Å². The molecule has 0 bridgehead atoms. The molecular formula is C31H24Cl3NO6. The van der Waals surface area contributed by atoms with Crippen LogP contribution in [0, 0.1) is 0 Å². The molecule has 0 radical (unpaired) electrons. The van der Waals surface area contributed by atoms with E-state index in [1.54, 1.807) is 48.5 Å². The van der Waals surface area contributed by atoms with E-state index in [9.17, 15) is 24.3 Å². The number of carboxylic acids is 1. The van der Waals surface area contributed by atoms with Crippen LogP contribution in [0.15, 0.2) is 77.7 Å². The molecule has 10 heteroatoms. The summed E-state index contributed by atoms with van der Waals surface area (Å²) in [5, 5.41) is 10.2. The molecule has 4 rings (SSSR count). The fourth-order valence-corrected chi connectivity index (χ4v) is 5.29. The lowest BCUT2D eigenvalue weighted by atomic mass is 9.95. The maximum absolute atomic E-state index is 13.8. The van der Waals surface area contributed by atoms with Crippen molar-refractivity contribution in [3.05, 3.63) is 121 Å². The fourth-order valence-electron chi connectivity index (χ4n) is 4.56. The second-order valence-electron chi connectivity index (χ2n) is 9.31. The lowest BCUT2D eigenvalue weighted by Crippen LogP contribution is -2.32. The molecule has 0 spiro atoms. The summed E-state index contributed by atoms with van der Waals surface area (Å²) < 4.78 is 6.88. The fraction of sp³-hybridized carbons (Fsp3) is 0.161. The first kappa shape index (κ1) is 30.1. The zero-order valence-corrected chi connectivity index (χ0v) is 24.3. The van der Waals surface area contributed by atoms with Gasteiger partial charge in [-0.3, -0.25) is 14.4 Å². The lowest BCUT2D eigenvalue weighted by Gasteiger charge is -2.22. The summed E-state index contributed by atoms with van der Waals surface area (Å²) in [6.07, 6.45) is 1.33. The number of carbonyl (C=O) groups is 3. The topological polar surface area (TPSA) is 103 Å². The minimum atomic E-state index is -1.08. The molecule has 0 aliphatic rings. The minimum Gasteiger partial charge on any atom is -0.495 e. The number of nitrogens with zero attached hydrogens (tertiary/aromatic N) is 1. The number of carbonyl (C=O) groups excluding carboxylic acids is 2. The Morgan fingerprint density at radius 3 is 2.17 bits per heavy atom. The van der Waals surface area contributed by atoms with E-state index in [-0.39, 0.29) is 35.7 Å². The van der Waals surface area contributed by atoms with Crippen LogP contribution in [0.4, 0.5) is 0 Å². The molecule has 1 N–H and O–H groups in total. The maximum atomic E-state index is 13.8. The third-order valence-electron chi connectivity index (χ3n) is 6.66. The number of hydrogen-bond acceptors (Lipinski definition) is 5. The van der Waals surface area contributed by atoms with Crippen molar-refractivity contribution in [1.29, 1.82) is 0 Å². The normalized spacial score (nSPS) is 11.6. The number of benzene rings is 3. The molecule has 0 aliphatic carbocycles. The SMILES string of the molecule is COc1cn(C(Cc2c(Cl)cccc2Cl)C(=O)Cc2ccc(C(=O)O)cc2)c(=O)cc1-c1cc(Cl)ccc1C(C)=O. The Kier molecular flexibility index (Phi) is 9.33. The first-order chi connectivity index (χ1) is 19.5. The molecule has 0 saturated heterocycles. The van der Waals surface area contributed by atoms with Gasteiger partial charge in [0, 0.05) is 45.1 Å². The molecule has 3 aromatic carbocycles. The van der Waals surface area contributed by atoms with E-state index in [4.69, 9.17) is 39.5 Å². The Morgan fingerprint density at radius 2 is 1.59 bits per heavy atom. The first-order valence-electron chi connectivity index (χ1n) is 12.4. The number of ketones is 2. The van der Waals surface area contributed by atoms with Crippen molar-refractivity contribution in [2.45, 2.75) is 25.8 Å². The van der Waals surface area contributed by atoms with Gasteiger partial charge in [0.2, 0.25) is 0 Å². The van der Waals surface area contributed by atoms with Crippen molar-refractivity contribution < 1.29 is 24.2 Å². The Hall–Kier alpha value is -3.91. The van der Waals surface area contributed by atoms with Gasteiger partial charge in [0.15, 0.2) is 11.6 Å². The molecule has 210 valence electrons. The molecule has 7 nitrogen and oxygen atoms in total. The molecule has 0 aliphatic heterocycles. The second kappa shape index (κ2) is 12.7. The van der Waals surface area contributed by atoms with Crippen LogP contribution in [-0.2, 0) is 17.6 Å². The van der Waals surface area contributed by atoms with Crippen LogP contribution in [0.25, 0.3) is 11.1 Å². The van der Waals surface area contributed by atoms with Gasteiger partial charge in [-0.25, -0.2) is 4.79 Å². The van der Waals surface area contributed by atoms with Gasteiger partial charge < -0.3 is 14.4 Å². The number of ether oxygens (including phenoxy) is 1. The van der Waals surface area contributed by atoms with Crippen molar-refractivity contribution >= 4 is 52.3 Å². The van der Waals surface area contributed by atoms with Crippen LogP contribution >= 0.6 is 34.8 Å². The molecule has 1 heterocycles. The molecule has 41 heavy (non-hydrogen) atoms. The van der Waals surface area contributed by atoms with Crippen LogP contribution < -0.4 is 10.3 Å². The Labute approximate surface area is 250 Å². The monoisotopic (exact) mass is 611 g/mol. The smallest absolute Gasteiger partial charge is 0.335 e. The number of methoxy groups -OCH3 is 1. The largest absolute Gasteiger partial charge is 0.495 e. The van der Waals surface area contributed by atoms with Gasteiger partial charge in [0.05, 0.1) is 24.9 Å². The van der Waals surface area contributed by atoms with E-state index in [1.807, 2.05) is 0 Å². The highest BCUT2D eigenvalue weighted by Gasteiger charge is 2.26. The average molecular weight is 613 g/mol. The summed E-state index contributed by atoms with van der Waals surface area (Å²) >= 11 is 19.1. The zero-order chi connectivity index (χ0) is 29.8. The van der Waals surface area contributed by atoms with E-state index in [0.717, 1.165) is 0 Å². The highest BCUT2D eigenvalue weighted by molar-refractivity contribution is 6.36. The molecule has 0 saturated carbocycles. The number of hydrogen-bond donors (Lipinski definition) is 1. The first-order valence-corrected chi connectivity index (χ1v) is 13.5. The van der Waals surface area contributed by atoms with Gasteiger partial charge in [-0.1, -0.05) is 53.0 Å². The van der Waals surface area contributed by atoms with Crippen LogP contribution in [-0.4, -0.2) is 34.3 Å².